The number of alkyl halides is 3. The van der Waals surface area contributed by atoms with Crippen LogP contribution < -0.4 is 5.73 Å². The number of nitrogens with two attached hydrogens (primary N) is 1. The number of benzene rings is 1. The highest BCUT2D eigenvalue weighted by atomic mass is 32.2. The molecule has 0 aliphatic heterocycles. The van der Waals surface area contributed by atoms with Gasteiger partial charge in [-0.25, -0.2) is 0 Å². The molecule has 0 spiro atoms. The van der Waals surface area contributed by atoms with Crippen molar-refractivity contribution in [2.75, 3.05) is 6.54 Å². The first-order valence-electron chi connectivity index (χ1n) is 4.85. The first-order valence-corrected chi connectivity index (χ1v) is 5.73. The number of aryl methyl sites for hydroxylation is 2. The molecule has 16 heavy (non-hydrogen) atoms. The van der Waals surface area contributed by atoms with Gasteiger partial charge in [0.2, 0.25) is 0 Å². The molecule has 1 unspecified atom stereocenters. The number of hydrogen-bond donors (Lipinski definition) is 1. The molecule has 0 aliphatic rings. The van der Waals surface area contributed by atoms with E-state index in [-0.39, 0.29) is 0 Å². The summed E-state index contributed by atoms with van der Waals surface area (Å²) in [4.78, 5) is 0.637. The largest absolute Gasteiger partial charge is 0.402 e. The maximum atomic E-state index is 12.5. The van der Waals surface area contributed by atoms with Gasteiger partial charge in [-0.15, -0.1) is 11.8 Å². The fourth-order valence-electron chi connectivity index (χ4n) is 1.33. The molecule has 0 radical (unpaired) electrons. The molecule has 0 fully saturated rings. The molecular formula is C11H14F3NS. The summed E-state index contributed by atoms with van der Waals surface area (Å²) >= 11 is 0.781. The molecule has 5 heteroatoms. The van der Waals surface area contributed by atoms with Gasteiger partial charge in [-0.2, -0.15) is 13.2 Å². The van der Waals surface area contributed by atoms with Crippen molar-refractivity contribution < 1.29 is 13.2 Å². The van der Waals surface area contributed by atoms with Gasteiger partial charge in [-0.3, -0.25) is 0 Å². The van der Waals surface area contributed by atoms with Crippen LogP contribution in [0.4, 0.5) is 13.2 Å². The van der Waals surface area contributed by atoms with Crippen LogP contribution in [0.2, 0.25) is 0 Å². The van der Waals surface area contributed by atoms with Gasteiger partial charge >= 0.3 is 6.18 Å². The summed E-state index contributed by atoms with van der Waals surface area (Å²) in [6, 6.07) is 5.38. The lowest BCUT2D eigenvalue weighted by Gasteiger charge is -2.18. The quantitative estimate of drug-likeness (QED) is 0.832. The second-order valence-corrected chi connectivity index (χ2v) is 4.90. The molecule has 1 rings (SSSR count). The molecule has 0 saturated carbocycles. The van der Waals surface area contributed by atoms with Crippen molar-refractivity contribution in [2.45, 2.75) is 30.2 Å². The van der Waals surface area contributed by atoms with Crippen molar-refractivity contribution in [3.8, 4) is 0 Å². The van der Waals surface area contributed by atoms with Crippen molar-refractivity contribution in [2.24, 2.45) is 5.73 Å². The SMILES string of the molecule is Cc1ccc(SC(CN)C(F)(F)F)c(C)c1. The number of rotatable bonds is 3. The number of hydrogen-bond acceptors (Lipinski definition) is 2. The summed E-state index contributed by atoms with van der Waals surface area (Å²) < 4.78 is 37.5. The minimum absolute atomic E-state index is 0.401. The summed E-state index contributed by atoms with van der Waals surface area (Å²) in [6.07, 6.45) is -4.25. The Morgan fingerprint density at radius 3 is 2.38 bits per heavy atom. The molecule has 90 valence electrons. The molecule has 0 amide bonds. The maximum absolute atomic E-state index is 12.5. The van der Waals surface area contributed by atoms with Crippen LogP contribution in [0, 0.1) is 13.8 Å². The maximum Gasteiger partial charge on any atom is 0.402 e. The van der Waals surface area contributed by atoms with E-state index < -0.39 is 18.0 Å². The first kappa shape index (κ1) is 13.4. The van der Waals surface area contributed by atoms with Crippen LogP contribution in [-0.4, -0.2) is 18.0 Å². The first-order chi connectivity index (χ1) is 7.34. The zero-order valence-corrected chi connectivity index (χ0v) is 9.95. The predicted molar refractivity (Wildman–Crippen MR) is 60.7 cm³/mol. The van der Waals surface area contributed by atoms with Crippen LogP contribution in [0.1, 0.15) is 11.1 Å². The van der Waals surface area contributed by atoms with E-state index in [0.29, 0.717) is 4.90 Å². The van der Waals surface area contributed by atoms with Gasteiger partial charge in [0.1, 0.15) is 5.25 Å². The standard InChI is InChI=1S/C11H14F3NS/c1-7-3-4-9(8(2)5-7)16-10(6-15)11(12,13)14/h3-5,10H,6,15H2,1-2H3. The van der Waals surface area contributed by atoms with E-state index in [9.17, 15) is 13.2 Å². The molecule has 2 N–H and O–H groups in total. The van der Waals surface area contributed by atoms with E-state index in [1.54, 1.807) is 19.1 Å². The molecule has 0 bridgehead atoms. The van der Waals surface area contributed by atoms with Gasteiger partial charge < -0.3 is 5.73 Å². The molecule has 0 aliphatic carbocycles. The van der Waals surface area contributed by atoms with E-state index in [0.717, 1.165) is 22.9 Å². The van der Waals surface area contributed by atoms with Crippen LogP contribution in [0.5, 0.6) is 0 Å². The molecular weight excluding hydrogens is 235 g/mol. The van der Waals surface area contributed by atoms with Gasteiger partial charge in [0.15, 0.2) is 0 Å². The van der Waals surface area contributed by atoms with Crippen molar-refractivity contribution in [1.29, 1.82) is 0 Å². The van der Waals surface area contributed by atoms with Gasteiger partial charge in [-0.05, 0) is 25.5 Å². The summed E-state index contributed by atoms with van der Waals surface area (Å²) in [5.74, 6) is 0. The minimum Gasteiger partial charge on any atom is -0.329 e. The van der Waals surface area contributed by atoms with Crippen LogP contribution in [0.25, 0.3) is 0 Å². The van der Waals surface area contributed by atoms with Crippen LogP contribution >= 0.6 is 11.8 Å². The van der Waals surface area contributed by atoms with Crippen LogP contribution in [-0.2, 0) is 0 Å². The van der Waals surface area contributed by atoms with Crippen molar-refractivity contribution >= 4 is 11.8 Å². The third-order valence-electron chi connectivity index (χ3n) is 2.18. The van der Waals surface area contributed by atoms with E-state index in [2.05, 4.69) is 0 Å². The van der Waals surface area contributed by atoms with Gasteiger partial charge in [0, 0.05) is 11.4 Å². The molecule has 0 aromatic heterocycles. The molecule has 0 heterocycles. The van der Waals surface area contributed by atoms with Crippen molar-refractivity contribution in [1.82, 2.24) is 0 Å². The monoisotopic (exact) mass is 249 g/mol. The third-order valence-corrected chi connectivity index (χ3v) is 3.64. The molecule has 0 saturated heterocycles. The highest BCUT2D eigenvalue weighted by Crippen LogP contribution is 2.36. The van der Waals surface area contributed by atoms with Crippen molar-refractivity contribution in [3.05, 3.63) is 29.3 Å². The lowest BCUT2D eigenvalue weighted by atomic mass is 10.2. The molecule has 1 aromatic rings. The zero-order valence-electron chi connectivity index (χ0n) is 9.14. The Bertz CT molecular complexity index is 363. The Balaban J connectivity index is 2.86. The number of thioether (sulfide) groups is 1. The fourth-order valence-corrected chi connectivity index (χ4v) is 2.26. The minimum atomic E-state index is -4.25. The van der Waals surface area contributed by atoms with Gasteiger partial charge in [-0.1, -0.05) is 17.7 Å². The smallest absolute Gasteiger partial charge is 0.329 e. The fraction of sp³-hybridized carbons (Fsp3) is 0.455. The van der Waals surface area contributed by atoms with E-state index in [1.165, 1.54) is 0 Å². The highest BCUT2D eigenvalue weighted by molar-refractivity contribution is 8.00. The Morgan fingerprint density at radius 1 is 1.31 bits per heavy atom. The summed E-state index contributed by atoms with van der Waals surface area (Å²) in [5.41, 5.74) is 7.04. The van der Waals surface area contributed by atoms with E-state index >= 15 is 0 Å². The average molecular weight is 249 g/mol. The van der Waals surface area contributed by atoms with Gasteiger partial charge in [0.25, 0.3) is 0 Å². The third kappa shape index (κ3) is 3.42. The Morgan fingerprint density at radius 2 is 1.94 bits per heavy atom. The Labute approximate surface area is 97.2 Å². The molecule has 1 atom stereocenters. The summed E-state index contributed by atoms with van der Waals surface area (Å²) in [6.45, 7) is 3.31. The highest BCUT2D eigenvalue weighted by Gasteiger charge is 2.39. The molecule has 1 aromatic carbocycles. The number of halogens is 3. The second-order valence-electron chi connectivity index (χ2n) is 3.65. The summed E-state index contributed by atoms with van der Waals surface area (Å²) in [7, 11) is 0. The Hall–Kier alpha value is -0.680. The van der Waals surface area contributed by atoms with Crippen LogP contribution in [0.15, 0.2) is 23.1 Å². The van der Waals surface area contributed by atoms with Crippen LogP contribution in [0.3, 0.4) is 0 Å². The topological polar surface area (TPSA) is 26.0 Å². The Kier molecular flexibility index (Phi) is 4.27. The van der Waals surface area contributed by atoms with E-state index in [4.69, 9.17) is 5.73 Å². The zero-order chi connectivity index (χ0) is 12.3. The lowest BCUT2D eigenvalue weighted by molar-refractivity contribution is -0.126. The normalized spacial score (nSPS) is 13.9. The van der Waals surface area contributed by atoms with Crippen molar-refractivity contribution in [3.63, 3.8) is 0 Å². The van der Waals surface area contributed by atoms with Gasteiger partial charge in [0.05, 0.1) is 0 Å². The predicted octanol–water partition coefficient (Wildman–Crippen LogP) is 3.29. The molecule has 1 nitrogen and oxygen atoms in total. The summed E-state index contributed by atoms with van der Waals surface area (Å²) in [5, 5.41) is -1.53. The average Bonchev–Trinajstić information content (AvgIpc) is 2.14. The lowest BCUT2D eigenvalue weighted by Crippen LogP contribution is -2.33. The second kappa shape index (κ2) is 5.10. The van der Waals surface area contributed by atoms with E-state index in [1.807, 2.05) is 13.0 Å².